The zero-order valence-corrected chi connectivity index (χ0v) is 12.8. The second-order valence-electron chi connectivity index (χ2n) is 5.65. The molecule has 3 nitrogen and oxygen atoms in total. The van der Waals surface area contributed by atoms with Crippen molar-refractivity contribution in [2.75, 3.05) is 19.7 Å². The fourth-order valence-corrected chi connectivity index (χ4v) is 3.08. The van der Waals surface area contributed by atoms with Gasteiger partial charge in [0.15, 0.2) is 0 Å². The summed E-state index contributed by atoms with van der Waals surface area (Å²) >= 11 is 0. The minimum atomic E-state index is 0.221. The van der Waals surface area contributed by atoms with Gasteiger partial charge in [0.2, 0.25) is 0 Å². The molecule has 0 spiro atoms. The Kier molecular flexibility index (Phi) is 5.86. The van der Waals surface area contributed by atoms with E-state index in [4.69, 9.17) is 10.5 Å². The van der Waals surface area contributed by atoms with Gasteiger partial charge < -0.3 is 10.5 Å². The monoisotopic (exact) mass is 276 g/mol. The van der Waals surface area contributed by atoms with Crippen LogP contribution in [0.3, 0.4) is 0 Å². The van der Waals surface area contributed by atoms with Gasteiger partial charge in [0.05, 0.1) is 6.61 Å². The first-order valence-corrected chi connectivity index (χ1v) is 7.98. The fraction of sp³-hybridized carbons (Fsp3) is 0.647. The predicted molar refractivity (Wildman–Crippen MR) is 84.0 cm³/mol. The lowest BCUT2D eigenvalue weighted by Gasteiger charge is -2.33. The Hall–Kier alpha value is -1.06. The number of hydrogen-bond acceptors (Lipinski definition) is 3. The third-order valence-corrected chi connectivity index (χ3v) is 4.11. The molecule has 1 aromatic carbocycles. The lowest BCUT2D eigenvalue weighted by atomic mass is 9.96. The molecule has 1 heterocycles. The van der Waals surface area contributed by atoms with Crippen molar-refractivity contribution in [3.05, 3.63) is 29.8 Å². The number of rotatable bonds is 5. The number of benzene rings is 1. The fourth-order valence-electron chi connectivity index (χ4n) is 3.08. The van der Waals surface area contributed by atoms with Crippen LogP contribution in [0.5, 0.6) is 5.75 Å². The number of nitrogens with two attached hydrogens (primary N) is 1. The van der Waals surface area contributed by atoms with Gasteiger partial charge in [-0.1, -0.05) is 32.4 Å². The molecule has 0 radical (unpaired) electrons. The molecule has 3 heteroatoms. The van der Waals surface area contributed by atoms with E-state index in [-0.39, 0.29) is 6.04 Å². The highest BCUT2D eigenvalue weighted by atomic mass is 16.5. The van der Waals surface area contributed by atoms with Gasteiger partial charge in [-0.3, -0.25) is 4.90 Å². The van der Waals surface area contributed by atoms with Crippen LogP contribution in [0.1, 0.15) is 51.1 Å². The molecule has 1 aliphatic rings. The van der Waals surface area contributed by atoms with E-state index < -0.39 is 0 Å². The molecule has 1 saturated heterocycles. The van der Waals surface area contributed by atoms with Gasteiger partial charge in [-0.05, 0) is 50.0 Å². The zero-order chi connectivity index (χ0) is 14.4. The van der Waals surface area contributed by atoms with Crippen molar-refractivity contribution in [1.82, 2.24) is 4.90 Å². The molecule has 1 aliphatic heterocycles. The molecule has 2 N–H and O–H groups in total. The highest BCUT2D eigenvalue weighted by Gasteiger charge is 2.27. The largest absolute Gasteiger partial charge is 0.494 e. The first kappa shape index (κ1) is 15.3. The molecule has 0 aromatic heterocycles. The summed E-state index contributed by atoms with van der Waals surface area (Å²) in [4.78, 5) is 2.51. The van der Waals surface area contributed by atoms with E-state index in [2.05, 4.69) is 36.9 Å². The molecule has 2 rings (SSSR count). The molecule has 2 atom stereocenters. The summed E-state index contributed by atoms with van der Waals surface area (Å²) in [5, 5.41) is 0. The Balaban J connectivity index is 2.21. The van der Waals surface area contributed by atoms with Gasteiger partial charge in [-0.25, -0.2) is 0 Å². The van der Waals surface area contributed by atoms with Gasteiger partial charge in [-0.2, -0.15) is 0 Å². The van der Waals surface area contributed by atoms with E-state index in [0.717, 1.165) is 38.3 Å². The predicted octanol–water partition coefficient (Wildman–Crippen LogP) is 3.35. The second-order valence-corrected chi connectivity index (χ2v) is 5.65. The van der Waals surface area contributed by atoms with Crippen molar-refractivity contribution in [1.29, 1.82) is 0 Å². The second kappa shape index (κ2) is 7.65. The minimum Gasteiger partial charge on any atom is -0.494 e. The number of hydrogen-bond donors (Lipinski definition) is 1. The van der Waals surface area contributed by atoms with Gasteiger partial charge in [0.25, 0.3) is 0 Å². The molecule has 0 amide bonds. The van der Waals surface area contributed by atoms with Crippen molar-refractivity contribution in [3.63, 3.8) is 0 Å². The van der Waals surface area contributed by atoms with Gasteiger partial charge in [0.1, 0.15) is 5.75 Å². The standard InChI is InChI=1S/C17H28N2O/c1-3-12-20-15-9-7-8-14(13-15)17-16(18)10-5-6-11-19(17)4-2/h7-9,13,16-17H,3-6,10-12,18H2,1-2H3. The summed E-state index contributed by atoms with van der Waals surface area (Å²) in [7, 11) is 0. The maximum Gasteiger partial charge on any atom is 0.119 e. The lowest BCUT2D eigenvalue weighted by Crippen LogP contribution is -2.39. The summed E-state index contributed by atoms with van der Waals surface area (Å²) in [5.74, 6) is 0.969. The molecule has 1 fully saturated rings. The Labute approximate surface area is 123 Å². The van der Waals surface area contributed by atoms with Gasteiger partial charge in [-0.15, -0.1) is 0 Å². The third-order valence-electron chi connectivity index (χ3n) is 4.11. The highest BCUT2D eigenvalue weighted by Crippen LogP contribution is 2.31. The van der Waals surface area contributed by atoms with Crippen LogP contribution in [0.4, 0.5) is 0 Å². The number of ether oxygens (including phenoxy) is 1. The summed E-state index contributed by atoms with van der Waals surface area (Å²) in [6.45, 7) is 7.33. The highest BCUT2D eigenvalue weighted by molar-refractivity contribution is 5.31. The Morgan fingerprint density at radius 1 is 1.30 bits per heavy atom. The zero-order valence-electron chi connectivity index (χ0n) is 12.8. The van der Waals surface area contributed by atoms with Crippen LogP contribution in [0.25, 0.3) is 0 Å². The first-order valence-electron chi connectivity index (χ1n) is 7.98. The van der Waals surface area contributed by atoms with Crippen LogP contribution in [-0.2, 0) is 0 Å². The molecular formula is C17H28N2O. The van der Waals surface area contributed by atoms with E-state index >= 15 is 0 Å². The molecule has 1 aromatic rings. The number of nitrogens with zero attached hydrogens (tertiary/aromatic N) is 1. The van der Waals surface area contributed by atoms with E-state index in [1.54, 1.807) is 0 Å². The maximum absolute atomic E-state index is 6.44. The van der Waals surface area contributed by atoms with Crippen LogP contribution in [0.2, 0.25) is 0 Å². The maximum atomic E-state index is 6.44. The quantitative estimate of drug-likeness (QED) is 0.896. The number of likely N-dealkylation sites (tertiary alicyclic amines) is 1. The van der Waals surface area contributed by atoms with Gasteiger partial charge in [0, 0.05) is 12.1 Å². The summed E-state index contributed by atoms with van der Waals surface area (Å²) in [6, 6.07) is 9.04. The summed E-state index contributed by atoms with van der Waals surface area (Å²) < 4.78 is 5.76. The van der Waals surface area contributed by atoms with Crippen molar-refractivity contribution < 1.29 is 4.74 Å². The topological polar surface area (TPSA) is 38.5 Å². The van der Waals surface area contributed by atoms with Gasteiger partial charge >= 0.3 is 0 Å². The molecule has 112 valence electrons. The average Bonchev–Trinajstić information content (AvgIpc) is 2.66. The van der Waals surface area contributed by atoms with E-state index in [9.17, 15) is 0 Å². The summed E-state index contributed by atoms with van der Waals surface area (Å²) in [6.07, 6.45) is 4.64. The normalized spacial score (nSPS) is 24.4. The molecule has 0 saturated carbocycles. The molecule has 0 bridgehead atoms. The smallest absolute Gasteiger partial charge is 0.119 e. The Bertz CT molecular complexity index is 408. The molecule has 2 unspecified atom stereocenters. The molecule has 0 aliphatic carbocycles. The first-order chi connectivity index (χ1) is 9.76. The van der Waals surface area contributed by atoms with Crippen LogP contribution in [0, 0.1) is 0 Å². The third kappa shape index (κ3) is 3.74. The Morgan fingerprint density at radius 3 is 2.90 bits per heavy atom. The van der Waals surface area contributed by atoms with Crippen molar-refractivity contribution >= 4 is 0 Å². The molecule has 20 heavy (non-hydrogen) atoms. The summed E-state index contributed by atoms with van der Waals surface area (Å²) in [5.41, 5.74) is 7.75. The number of likely N-dealkylation sites (N-methyl/N-ethyl adjacent to an activating group) is 1. The molecular weight excluding hydrogens is 248 g/mol. The SMILES string of the molecule is CCCOc1cccc(C2C(N)CCCCN2CC)c1. The lowest BCUT2D eigenvalue weighted by molar-refractivity contribution is 0.195. The van der Waals surface area contributed by atoms with Crippen molar-refractivity contribution in [2.24, 2.45) is 5.73 Å². The van der Waals surface area contributed by atoms with Crippen molar-refractivity contribution in [2.45, 2.75) is 51.6 Å². The van der Waals surface area contributed by atoms with E-state index in [1.807, 2.05) is 6.07 Å². The average molecular weight is 276 g/mol. The van der Waals surface area contributed by atoms with Crippen LogP contribution < -0.4 is 10.5 Å². The van der Waals surface area contributed by atoms with Crippen LogP contribution >= 0.6 is 0 Å². The van der Waals surface area contributed by atoms with Crippen LogP contribution in [0.15, 0.2) is 24.3 Å². The van der Waals surface area contributed by atoms with Crippen molar-refractivity contribution in [3.8, 4) is 5.75 Å². The van der Waals surface area contributed by atoms with E-state index in [1.165, 1.54) is 18.4 Å². The van der Waals surface area contributed by atoms with Crippen LogP contribution in [-0.4, -0.2) is 30.6 Å². The Morgan fingerprint density at radius 2 is 2.15 bits per heavy atom. The minimum absolute atomic E-state index is 0.221. The van der Waals surface area contributed by atoms with E-state index in [0.29, 0.717) is 6.04 Å².